The van der Waals surface area contributed by atoms with Crippen LogP contribution in [0, 0.1) is 5.92 Å². The van der Waals surface area contributed by atoms with Crippen molar-refractivity contribution in [2.75, 3.05) is 26.2 Å². The lowest BCUT2D eigenvalue weighted by Crippen LogP contribution is -2.44. The molecule has 0 N–H and O–H groups in total. The molecule has 2 fully saturated rings. The van der Waals surface area contributed by atoms with Crippen molar-refractivity contribution in [3.8, 4) is 0 Å². The van der Waals surface area contributed by atoms with Gasteiger partial charge < -0.3 is 4.90 Å². The van der Waals surface area contributed by atoms with Crippen molar-refractivity contribution in [3.05, 3.63) is 22.4 Å². The van der Waals surface area contributed by atoms with Gasteiger partial charge in [-0.2, -0.15) is 0 Å². The lowest BCUT2D eigenvalue weighted by Gasteiger charge is -2.33. The predicted octanol–water partition coefficient (Wildman–Crippen LogP) is 3.14. The van der Waals surface area contributed by atoms with Gasteiger partial charge in [-0.1, -0.05) is 13.0 Å². The summed E-state index contributed by atoms with van der Waals surface area (Å²) in [4.78, 5) is 18.4. The van der Waals surface area contributed by atoms with Gasteiger partial charge in [-0.3, -0.25) is 9.69 Å². The van der Waals surface area contributed by atoms with Gasteiger partial charge >= 0.3 is 0 Å². The Labute approximate surface area is 125 Å². The SMILES string of the molecule is CC1CCCN(C(=O)CN2CCCC2c2cccs2)C1. The normalized spacial score (nSPS) is 27.9. The molecule has 1 aromatic rings. The maximum atomic E-state index is 12.5. The summed E-state index contributed by atoms with van der Waals surface area (Å²) in [6, 6.07) is 4.80. The van der Waals surface area contributed by atoms with E-state index < -0.39 is 0 Å². The molecule has 3 heterocycles. The fourth-order valence-corrected chi connectivity index (χ4v) is 4.40. The molecule has 0 bridgehead atoms. The van der Waals surface area contributed by atoms with Crippen molar-refractivity contribution in [1.82, 2.24) is 9.80 Å². The standard InChI is InChI=1S/C16H24N2OS/c1-13-5-2-9-18(11-13)16(19)12-17-8-3-6-14(17)15-7-4-10-20-15/h4,7,10,13-14H,2-3,5-6,8-9,11-12H2,1H3. The van der Waals surface area contributed by atoms with Gasteiger partial charge in [0.15, 0.2) is 0 Å². The quantitative estimate of drug-likeness (QED) is 0.854. The lowest BCUT2D eigenvalue weighted by molar-refractivity contribution is -0.134. The van der Waals surface area contributed by atoms with E-state index in [9.17, 15) is 4.79 Å². The third kappa shape index (κ3) is 3.07. The highest BCUT2D eigenvalue weighted by molar-refractivity contribution is 7.10. The highest BCUT2D eigenvalue weighted by Gasteiger charge is 2.30. The van der Waals surface area contributed by atoms with E-state index in [0.29, 0.717) is 24.4 Å². The van der Waals surface area contributed by atoms with Crippen molar-refractivity contribution in [1.29, 1.82) is 0 Å². The molecule has 0 aliphatic carbocycles. The van der Waals surface area contributed by atoms with Crippen molar-refractivity contribution in [2.24, 2.45) is 5.92 Å². The van der Waals surface area contributed by atoms with Gasteiger partial charge in [0, 0.05) is 24.0 Å². The summed E-state index contributed by atoms with van der Waals surface area (Å²) in [5, 5.41) is 2.14. The fourth-order valence-electron chi connectivity index (χ4n) is 3.51. The molecule has 2 aliphatic heterocycles. The van der Waals surface area contributed by atoms with E-state index in [1.54, 1.807) is 0 Å². The minimum absolute atomic E-state index is 0.333. The summed E-state index contributed by atoms with van der Waals surface area (Å²) in [6.45, 7) is 5.84. The van der Waals surface area contributed by atoms with Crippen LogP contribution in [0.25, 0.3) is 0 Å². The summed E-state index contributed by atoms with van der Waals surface area (Å²) >= 11 is 1.82. The number of hydrogen-bond acceptors (Lipinski definition) is 3. The topological polar surface area (TPSA) is 23.6 Å². The molecule has 0 aromatic carbocycles. The Morgan fingerprint density at radius 1 is 1.35 bits per heavy atom. The molecule has 0 radical (unpaired) electrons. The Balaban J connectivity index is 1.60. The van der Waals surface area contributed by atoms with Crippen LogP contribution in [0.3, 0.4) is 0 Å². The molecule has 2 atom stereocenters. The lowest BCUT2D eigenvalue weighted by atomic mass is 10.0. The average Bonchev–Trinajstić information content (AvgIpc) is 3.08. The van der Waals surface area contributed by atoms with Gasteiger partial charge in [-0.15, -0.1) is 11.3 Å². The van der Waals surface area contributed by atoms with E-state index in [1.807, 2.05) is 11.3 Å². The zero-order chi connectivity index (χ0) is 13.9. The average molecular weight is 292 g/mol. The first-order valence-corrected chi connectivity index (χ1v) is 8.67. The first-order chi connectivity index (χ1) is 9.74. The van der Waals surface area contributed by atoms with Gasteiger partial charge in [-0.05, 0) is 49.6 Å². The number of rotatable bonds is 3. The second kappa shape index (κ2) is 6.27. The second-order valence-electron chi connectivity index (χ2n) is 6.23. The van der Waals surface area contributed by atoms with Crippen LogP contribution in [0.1, 0.15) is 43.5 Å². The van der Waals surface area contributed by atoms with E-state index in [2.05, 4.69) is 34.2 Å². The molecule has 4 heteroatoms. The van der Waals surface area contributed by atoms with Crippen molar-refractivity contribution >= 4 is 17.2 Å². The molecule has 2 aliphatic rings. The molecule has 2 unspecified atom stereocenters. The molecule has 2 saturated heterocycles. The van der Waals surface area contributed by atoms with Crippen LogP contribution in [-0.2, 0) is 4.79 Å². The minimum atomic E-state index is 0.333. The summed E-state index contributed by atoms with van der Waals surface area (Å²) in [6.07, 6.45) is 4.85. The number of hydrogen-bond donors (Lipinski definition) is 0. The van der Waals surface area contributed by atoms with E-state index in [4.69, 9.17) is 0 Å². The van der Waals surface area contributed by atoms with Gasteiger partial charge in [0.1, 0.15) is 0 Å². The Kier molecular flexibility index (Phi) is 4.41. The highest BCUT2D eigenvalue weighted by atomic mass is 32.1. The second-order valence-corrected chi connectivity index (χ2v) is 7.21. The molecule has 1 aromatic heterocycles. The predicted molar refractivity (Wildman–Crippen MR) is 82.8 cm³/mol. The molecule has 110 valence electrons. The number of likely N-dealkylation sites (tertiary alicyclic amines) is 2. The van der Waals surface area contributed by atoms with Crippen LogP contribution in [0.5, 0.6) is 0 Å². The molecular formula is C16H24N2OS. The maximum absolute atomic E-state index is 12.5. The maximum Gasteiger partial charge on any atom is 0.236 e. The molecular weight excluding hydrogens is 268 g/mol. The van der Waals surface area contributed by atoms with Crippen LogP contribution >= 0.6 is 11.3 Å². The van der Waals surface area contributed by atoms with Gasteiger partial charge in [-0.25, -0.2) is 0 Å². The monoisotopic (exact) mass is 292 g/mol. The summed E-state index contributed by atoms with van der Waals surface area (Å²) in [5.41, 5.74) is 0. The number of piperidine rings is 1. The highest BCUT2D eigenvalue weighted by Crippen LogP contribution is 2.34. The largest absolute Gasteiger partial charge is 0.341 e. The van der Waals surface area contributed by atoms with E-state index in [-0.39, 0.29) is 0 Å². The van der Waals surface area contributed by atoms with E-state index >= 15 is 0 Å². The van der Waals surface area contributed by atoms with Crippen molar-refractivity contribution in [2.45, 2.75) is 38.6 Å². The van der Waals surface area contributed by atoms with Crippen LogP contribution in [0.2, 0.25) is 0 Å². The zero-order valence-electron chi connectivity index (χ0n) is 12.3. The van der Waals surface area contributed by atoms with Gasteiger partial charge in [0.25, 0.3) is 0 Å². The van der Waals surface area contributed by atoms with Crippen molar-refractivity contribution in [3.63, 3.8) is 0 Å². The Hall–Kier alpha value is -0.870. The third-order valence-corrected chi connectivity index (χ3v) is 5.56. The molecule has 1 amide bonds. The Bertz CT molecular complexity index is 445. The molecule has 0 spiro atoms. The van der Waals surface area contributed by atoms with Crippen LogP contribution < -0.4 is 0 Å². The van der Waals surface area contributed by atoms with Crippen LogP contribution in [-0.4, -0.2) is 41.9 Å². The van der Waals surface area contributed by atoms with Crippen LogP contribution in [0.4, 0.5) is 0 Å². The smallest absolute Gasteiger partial charge is 0.236 e. The third-order valence-electron chi connectivity index (χ3n) is 4.58. The zero-order valence-corrected chi connectivity index (χ0v) is 13.1. The summed E-state index contributed by atoms with van der Waals surface area (Å²) in [7, 11) is 0. The Morgan fingerprint density at radius 3 is 2.95 bits per heavy atom. The number of thiophene rings is 1. The van der Waals surface area contributed by atoms with Crippen molar-refractivity contribution < 1.29 is 4.79 Å². The Morgan fingerprint density at radius 2 is 2.20 bits per heavy atom. The molecule has 3 nitrogen and oxygen atoms in total. The fraction of sp³-hybridized carbons (Fsp3) is 0.688. The molecule has 0 saturated carbocycles. The first kappa shape index (κ1) is 14.1. The van der Waals surface area contributed by atoms with Crippen LogP contribution in [0.15, 0.2) is 17.5 Å². The van der Waals surface area contributed by atoms with Gasteiger partial charge in [0.05, 0.1) is 6.54 Å². The first-order valence-electron chi connectivity index (χ1n) is 7.79. The number of carbonyl (C=O) groups is 1. The number of nitrogens with zero attached hydrogens (tertiary/aromatic N) is 2. The van der Waals surface area contributed by atoms with E-state index in [1.165, 1.54) is 30.6 Å². The van der Waals surface area contributed by atoms with Gasteiger partial charge in [0.2, 0.25) is 5.91 Å². The molecule has 3 rings (SSSR count). The van der Waals surface area contributed by atoms with E-state index in [0.717, 1.165) is 19.6 Å². The number of amides is 1. The molecule has 20 heavy (non-hydrogen) atoms. The summed E-state index contributed by atoms with van der Waals surface area (Å²) in [5.74, 6) is 0.999. The minimum Gasteiger partial charge on any atom is -0.341 e. The summed E-state index contributed by atoms with van der Waals surface area (Å²) < 4.78 is 0. The number of carbonyl (C=O) groups excluding carboxylic acids is 1.